The maximum Gasteiger partial charge on any atom is 0.244 e. The van der Waals surface area contributed by atoms with Gasteiger partial charge in [-0.1, -0.05) is 30.3 Å². The molecule has 0 aromatic heterocycles. The second kappa shape index (κ2) is 7.30. The molecule has 0 heterocycles. The highest BCUT2D eigenvalue weighted by Crippen LogP contribution is 2.23. The molecule has 24 heavy (non-hydrogen) atoms. The molecule has 0 aliphatic rings. The van der Waals surface area contributed by atoms with E-state index in [0.717, 1.165) is 33.6 Å². The number of rotatable bonds is 4. The van der Waals surface area contributed by atoms with Crippen LogP contribution in [-0.4, -0.2) is 18.4 Å². The van der Waals surface area contributed by atoms with Gasteiger partial charge in [0.2, 0.25) is 11.8 Å². The molecule has 126 valence electrons. The van der Waals surface area contributed by atoms with Crippen molar-refractivity contribution < 1.29 is 9.59 Å². The van der Waals surface area contributed by atoms with Crippen molar-refractivity contribution in [3.8, 4) is 0 Å². The summed E-state index contributed by atoms with van der Waals surface area (Å²) in [5.74, 6) is -0.358. The van der Waals surface area contributed by atoms with Crippen LogP contribution >= 0.6 is 0 Å². The van der Waals surface area contributed by atoms with Crippen molar-refractivity contribution in [1.29, 1.82) is 0 Å². The Kier molecular flexibility index (Phi) is 5.39. The Morgan fingerprint density at radius 2 is 1.58 bits per heavy atom. The van der Waals surface area contributed by atoms with Gasteiger partial charge in [0.05, 0.1) is 0 Å². The van der Waals surface area contributed by atoms with Crippen molar-refractivity contribution >= 4 is 23.2 Å². The minimum Gasteiger partial charge on any atom is -0.324 e. The van der Waals surface area contributed by atoms with Gasteiger partial charge in [0.1, 0.15) is 6.54 Å². The van der Waals surface area contributed by atoms with Crippen molar-refractivity contribution in [1.82, 2.24) is 0 Å². The Morgan fingerprint density at radius 3 is 2.17 bits per heavy atom. The molecular formula is C20H24N2O2. The maximum atomic E-state index is 12.5. The number of anilines is 2. The molecule has 4 heteroatoms. The molecule has 0 spiro atoms. The lowest BCUT2D eigenvalue weighted by Crippen LogP contribution is -2.37. The Labute approximate surface area is 143 Å². The average molecular weight is 324 g/mol. The predicted octanol–water partition coefficient (Wildman–Crippen LogP) is 3.91. The van der Waals surface area contributed by atoms with Crippen LogP contribution in [0, 0.1) is 27.7 Å². The van der Waals surface area contributed by atoms with Gasteiger partial charge < -0.3 is 10.2 Å². The highest BCUT2D eigenvalue weighted by molar-refractivity contribution is 6.02. The smallest absolute Gasteiger partial charge is 0.244 e. The van der Waals surface area contributed by atoms with E-state index in [0.29, 0.717) is 0 Å². The van der Waals surface area contributed by atoms with Gasteiger partial charge in [-0.05, 0) is 56.0 Å². The number of nitrogens with zero attached hydrogens (tertiary/aromatic N) is 1. The lowest BCUT2D eigenvalue weighted by Gasteiger charge is -2.23. The normalized spacial score (nSPS) is 10.4. The molecular weight excluding hydrogens is 300 g/mol. The highest BCUT2D eigenvalue weighted by Gasteiger charge is 2.18. The third kappa shape index (κ3) is 4.02. The Hall–Kier alpha value is -2.62. The fourth-order valence-electron chi connectivity index (χ4n) is 2.71. The zero-order valence-electron chi connectivity index (χ0n) is 14.9. The van der Waals surface area contributed by atoms with Crippen molar-refractivity contribution in [3.63, 3.8) is 0 Å². The zero-order chi connectivity index (χ0) is 17.9. The molecule has 0 aliphatic heterocycles. The van der Waals surface area contributed by atoms with Gasteiger partial charge in [-0.3, -0.25) is 9.59 Å². The van der Waals surface area contributed by atoms with Crippen molar-refractivity contribution in [2.45, 2.75) is 34.6 Å². The van der Waals surface area contributed by atoms with Gasteiger partial charge in [0.15, 0.2) is 0 Å². The minimum absolute atomic E-state index is 0.00655. The molecule has 2 aromatic rings. The van der Waals surface area contributed by atoms with E-state index in [9.17, 15) is 9.59 Å². The summed E-state index contributed by atoms with van der Waals surface area (Å²) < 4.78 is 0. The monoisotopic (exact) mass is 324 g/mol. The van der Waals surface area contributed by atoms with E-state index in [-0.39, 0.29) is 18.4 Å². The number of hydrogen-bond donors (Lipinski definition) is 1. The van der Waals surface area contributed by atoms with Gasteiger partial charge >= 0.3 is 0 Å². The molecule has 0 saturated heterocycles. The van der Waals surface area contributed by atoms with Gasteiger partial charge in [0.25, 0.3) is 0 Å². The number of para-hydroxylation sites is 1. The fraction of sp³-hybridized carbons (Fsp3) is 0.300. The summed E-state index contributed by atoms with van der Waals surface area (Å²) in [6.07, 6.45) is 0. The number of carbonyl (C=O) groups is 2. The lowest BCUT2D eigenvalue weighted by molar-refractivity contribution is -0.120. The van der Waals surface area contributed by atoms with Gasteiger partial charge in [0, 0.05) is 18.3 Å². The molecule has 2 aromatic carbocycles. The summed E-state index contributed by atoms with van der Waals surface area (Å²) in [6.45, 7) is 9.29. The first-order chi connectivity index (χ1) is 11.3. The summed E-state index contributed by atoms with van der Waals surface area (Å²) in [5, 5.41) is 2.93. The lowest BCUT2D eigenvalue weighted by atomic mass is 10.1. The Morgan fingerprint density at radius 1 is 0.958 bits per heavy atom. The molecule has 2 rings (SSSR count). The van der Waals surface area contributed by atoms with Crippen LogP contribution in [0.2, 0.25) is 0 Å². The predicted molar refractivity (Wildman–Crippen MR) is 98.5 cm³/mol. The SMILES string of the molecule is CC(=O)N(CC(=O)Nc1c(C)cccc1C)c1cc(C)ccc1C. The quantitative estimate of drug-likeness (QED) is 0.927. The topological polar surface area (TPSA) is 49.4 Å². The zero-order valence-corrected chi connectivity index (χ0v) is 14.9. The fourth-order valence-corrected chi connectivity index (χ4v) is 2.71. The second-order valence-electron chi connectivity index (χ2n) is 6.21. The molecule has 0 radical (unpaired) electrons. The average Bonchev–Trinajstić information content (AvgIpc) is 2.51. The van der Waals surface area contributed by atoms with E-state index in [1.54, 1.807) is 0 Å². The molecule has 2 amide bonds. The van der Waals surface area contributed by atoms with Crippen LogP contribution in [0.1, 0.15) is 29.2 Å². The minimum atomic E-state index is -0.205. The highest BCUT2D eigenvalue weighted by atomic mass is 16.2. The third-order valence-electron chi connectivity index (χ3n) is 4.08. The van der Waals surface area contributed by atoms with Crippen molar-refractivity contribution in [2.24, 2.45) is 0 Å². The van der Waals surface area contributed by atoms with E-state index in [2.05, 4.69) is 5.32 Å². The molecule has 1 N–H and O–H groups in total. The molecule has 0 aliphatic carbocycles. The van der Waals surface area contributed by atoms with Gasteiger partial charge in [-0.2, -0.15) is 0 Å². The number of nitrogens with one attached hydrogen (secondary N) is 1. The van der Waals surface area contributed by atoms with Crippen LogP contribution in [0.25, 0.3) is 0 Å². The maximum absolute atomic E-state index is 12.5. The molecule has 0 bridgehead atoms. The van der Waals surface area contributed by atoms with Crippen molar-refractivity contribution in [2.75, 3.05) is 16.8 Å². The van der Waals surface area contributed by atoms with Crippen LogP contribution in [-0.2, 0) is 9.59 Å². The summed E-state index contributed by atoms with van der Waals surface area (Å²) in [7, 11) is 0. The number of amides is 2. The van der Waals surface area contributed by atoms with Crippen LogP contribution in [0.5, 0.6) is 0 Å². The number of carbonyl (C=O) groups excluding carboxylic acids is 2. The molecule has 0 unspecified atom stereocenters. The van der Waals surface area contributed by atoms with E-state index >= 15 is 0 Å². The number of benzene rings is 2. The van der Waals surface area contributed by atoms with Gasteiger partial charge in [-0.25, -0.2) is 0 Å². The third-order valence-corrected chi connectivity index (χ3v) is 4.08. The van der Waals surface area contributed by atoms with E-state index in [4.69, 9.17) is 0 Å². The standard InChI is InChI=1S/C20H24N2O2/c1-13-9-10-14(2)18(11-13)22(17(5)23)12-19(24)21-20-15(3)7-6-8-16(20)4/h6-11H,12H2,1-5H3,(H,21,24). The van der Waals surface area contributed by atoms with E-state index in [1.807, 2.05) is 64.1 Å². The molecule has 0 saturated carbocycles. The van der Waals surface area contributed by atoms with Crippen LogP contribution < -0.4 is 10.2 Å². The van der Waals surface area contributed by atoms with Crippen LogP contribution in [0.3, 0.4) is 0 Å². The van der Waals surface area contributed by atoms with Crippen LogP contribution in [0.4, 0.5) is 11.4 Å². The second-order valence-corrected chi connectivity index (χ2v) is 6.21. The summed E-state index contributed by atoms with van der Waals surface area (Å²) in [5.41, 5.74) is 5.62. The largest absolute Gasteiger partial charge is 0.324 e. The Bertz CT molecular complexity index is 761. The van der Waals surface area contributed by atoms with Gasteiger partial charge in [-0.15, -0.1) is 0 Å². The first-order valence-corrected chi connectivity index (χ1v) is 8.01. The Balaban J connectivity index is 2.24. The molecule has 0 fully saturated rings. The van der Waals surface area contributed by atoms with Crippen LogP contribution in [0.15, 0.2) is 36.4 Å². The molecule has 0 atom stereocenters. The number of aryl methyl sites for hydroxylation is 4. The van der Waals surface area contributed by atoms with E-state index < -0.39 is 0 Å². The summed E-state index contributed by atoms with van der Waals surface area (Å²) in [6, 6.07) is 11.8. The molecule has 4 nitrogen and oxygen atoms in total. The first kappa shape index (κ1) is 17.7. The summed E-state index contributed by atoms with van der Waals surface area (Å²) in [4.78, 5) is 26.1. The number of hydrogen-bond acceptors (Lipinski definition) is 2. The summed E-state index contributed by atoms with van der Waals surface area (Å²) >= 11 is 0. The first-order valence-electron chi connectivity index (χ1n) is 8.01. The van der Waals surface area contributed by atoms with E-state index in [1.165, 1.54) is 11.8 Å². The van der Waals surface area contributed by atoms with Crippen molar-refractivity contribution in [3.05, 3.63) is 58.7 Å².